The summed E-state index contributed by atoms with van der Waals surface area (Å²) >= 11 is 0. The fourth-order valence-electron chi connectivity index (χ4n) is 5.87. The van der Waals surface area contributed by atoms with E-state index in [9.17, 15) is 23.1 Å². The van der Waals surface area contributed by atoms with Crippen molar-refractivity contribution in [1.82, 2.24) is 0 Å². The summed E-state index contributed by atoms with van der Waals surface area (Å²) < 4.78 is 99.5. The molecule has 6 aromatic carbocycles. The largest absolute Gasteiger partial charge is 0.507 e. The van der Waals surface area contributed by atoms with Crippen LogP contribution in [0.3, 0.4) is 0 Å². The Morgan fingerprint density at radius 1 is 0.611 bits per heavy atom. The van der Waals surface area contributed by atoms with Crippen molar-refractivity contribution < 1.29 is 50.8 Å². The predicted molar refractivity (Wildman–Crippen MR) is 197 cm³/mol. The molecule has 0 amide bonds. The molecule has 12 heteroatoms. The second kappa shape index (κ2) is 16.4. The molecular formula is C42H32F5O6P. The van der Waals surface area contributed by atoms with Gasteiger partial charge in [0.2, 0.25) is 5.82 Å². The van der Waals surface area contributed by atoms with Crippen molar-refractivity contribution in [3.8, 4) is 51.4 Å². The van der Waals surface area contributed by atoms with E-state index in [4.69, 9.17) is 18.9 Å². The lowest BCUT2D eigenvalue weighted by molar-refractivity contribution is -0.116. The van der Waals surface area contributed by atoms with E-state index in [-0.39, 0.29) is 52.5 Å². The monoisotopic (exact) mass is 758 g/mol. The van der Waals surface area contributed by atoms with Crippen LogP contribution < -0.4 is 34.9 Å². The van der Waals surface area contributed by atoms with Gasteiger partial charge in [0.25, 0.3) is 0 Å². The van der Waals surface area contributed by atoms with Gasteiger partial charge in [-0.3, -0.25) is 0 Å². The van der Waals surface area contributed by atoms with Crippen LogP contribution in [0.2, 0.25) is 0 Å². The van der Waals surface area contributed by atoms with Crippen molar-refractivity contribution in [2.24, 2.45) is 0 Å². The number of aromatic hydroxyl groups is 1. The van der Waals surface area contributed by atoms with Crippen molar-refractivity contribution in [3.63, 3.8) is 0 Å². The van der Waals surface area contributed by atoms with E-state index in [0.717, 1.165) is 6.07 Å². The Balaban J connectivity index is 1.77. The van der Waals surface area contributed by atoms with Gasteiger partial charge in [0.15, 0.2) is 23.3 Å². The van der Waals surface area contributed by atoms with Crippen LogP contribution in [-0.2, 0) is 11.2 Å². The third-order valence-electron chi connectivity index (χ3n) is 8.39. The summed E-state index contributed by atoms with van der Waals surface area (Å²) in [7, 11) is 0.554. The van der Waals surface area contributed by atoms with Crippen molar-refractivity contribution in [2.45, 2.75) is 19.8 Å². The molecule has 1 N–H and O–H groups in total. The quantitative estimate of drug-likeness (QED) is 0.0548. The van der Waals surface area contributed by atoms with Gasteiger partial charge in [-0.2, -0.15) is 0 Å². The van der Waals surface area contributed by atoms with E-state index in [1.165, 1.54) is 27.2 Å². The highest BCUT2D eigenvalue weighted by Gasteiger charge is 2.36. The molecule has 0 heterocycles. The number of para-hydroxylation sites is 2. The number of phenols is 1. The summed E-state index contributed by atoms with van der Waals surface area (Å²) in [5.74, 6) is -10.2. The first-order valence-electron chi connectivity index (χ1n) is 16.5. The molecule has 54 heavy (non-hydrogen) atoms. The molecule has 0 spiro atoms. The second-order valence-corrected chi connectivity index (χ2v) is 14.0. The maximum absolute atomic E-state index is 15.6. The molecular weight excluding hydrogens is 726 g/mol. The van der Waals surface area contributed by atoms with Gasteiger partial charge < -0.3 is 28.8 Å². The van der Waals surface area contributed by atoms with Crippen molar-refractivity contribution in [2.75, 3.05) is 14.2 Å². The molecule has 1 unspecified atom stereocenters. The Morgan fingerprint density at radius 3 is 1.52 bits per heavy atom. The first-order valence-corrected chi connectivity index (χ1v) is 17.8. The van der Waals surface area contributed by atoms with Gasteiger partial charge >= 0.3 is 0 Å². The lowest BCUT2D eigenvalue weighted by Gasteiger charge is -2.28. The average molecular weight is 759 g/mol. The summed E-state index contributed by atoms with van der Waals surface area (Å²) in [5.41, 5.74) is -1.77. The normalized spacial score (nSPS) is 11.6. The molecule has 0 radical (unpaired) electrons. The minimum absolute atomic E-state index is 0.00716. The summed E-state index contributed by atoms with van der Waals surface area (Å²) in [6, 6.07) is 30.2. The number of aryl methyl sites for hydroxylation is 1. The third-order valence-corrected chi connectivity index (χ3v) is 11.0. The van der Waals surface area contributed by atoms with Crippen molar-refractivity contribution >= 4 is 29.6 Å². The minimum Gasteiger partial charge on any atom is -0.507 e. The lowest BCUT2D eigenvalue weighted by atomic mass is 9.97. The smallest absolute Gasteiger partial charge is 0.200 e. The second-order valence-electron chi connectivity index (χ2n) is 11.9. The number of phenolic OH excluding ortho intramolecular Hbond substituents is 1. The predicted octanol–water partition coefficient (Wildman–Crippen LogP) is 9.64. The molecule has 6 rings (SSSR count). The molecule has 0 aliphatic rings. The summed E-state index contributed by atoms with van der Waals surface area (Å²) in [5, 5.41) is 12.9. The van der Waals surface area contributed by atoms with Crippen LogP contribution in [0.25, 0.3) is 11.1 Å². The maximum atomic E-state index is 15.6. The number of hydrogen-bond acceptors (Lipinski definition) is 6. The number of ether oxygens (including phenoxy) is 4. The summed E-state index contributed by atoms with van der Waals surface area (Å²) in [4.78, 5) is 12.2. The van der Waals surface area contributed by atoms with E-state index in [0.29, 0.717) is 22.1 Å². The molecule has 0 saturated heterocycles. The number of hydrogen-bond donors (Lipinski definition) is 1. The SMILES string of the molecule is COc1cccc(OC)c1P(c1cc(CCC(C)=O)cc(-c2c(F)c(F)c(F)c(F)c2F)c1O)c1c(Oc2ccccc2)cccc1Oc1ccccc1. The third kappa shape index (κ3) is 7.59. The molecule has 1 atom stereocenters. The molecule has 0 aliphatic heterocycles. The van der Waals surface area contributed by atoms with E-state index >= 15 is 8.78 Å². The topological polar surface area (TPSA) is 74.2 Å². The van der Waals surface area contributed by atoms with E-state index in [1.54, 1.807) is 97.1 Å². The van der Waals surface area contributed by atoms with Crippen molar-refractivity contribution in [3.05, 3.63) is 144 Å². The number of carbonyl (C=O) groups excluding carboxylic acids is 1. The number of ketones is 1. The highest BCUT2D eigenvalue weighted by Crippen LogP contribution is 2.51. The lowest BCUT2D eigenvalue weighted by Crippen LogP contribution is -2.26. The van der Waals surface area contributed by atoms with Crippen LogP contribution in [-0.4, -0.2) is 25.1 Å². The zero-order valence-electron chi connectivity index (χ0n) is 29.1. The van der Waals surface area contributed by atoms with Crippen LogP contribution in [0.4, 0.5) is 22.0 Å². The van der Waals surface area contributed by atoms with E-state index < -0.39 is 53.9 Å². The maximum Gasteiger partial charge on any atom is 0.200 e. The Morgan fingerprint density at radius 2 is 1.06 bits per heavy atom. The fourth-order valence-corrected chi connectivity index (χ4v) is 8.65. The van der Waals surface area contributed by atoms with Gasteiger partial charge in [-0.05, 0) is 79.6 Å². The number of carbonyl (C=O) groups is 1. The van der Waals surface area contributed by atoms with Gasteiger partial charge in [0.1, 0.15) is 46.0 Å². The molecule has 0 aromatic heterocycles. The molecule has 6 nitrogen and oxygen atoms in total. The Hall–Kier alpha value is -5.93. The number of Topliss-reactive ketones (excluding diaryl/α,β-unsaturated/α-hetero) is 1. The van der Waals surface area contributed by atoms with Gasteiger partial charge in [-0.25, -0.2) is 22.0 Å². The van der Waals surface area contributed by atoms with Crippen LogP contribution in [0.1, 0.15) is 18.9 Å². The van der Waals surface area contributed by atoms with E-state index in [2.05, 4.69) is 0 Å². The minimum atomic E-state index is -2.35. The fraction of sp³-hybridized carbons (Fsp3) is 0.119. The number of halogens is 5. The zero-order valence-corrected chi connectivity index (χ0v) is 30.0. The summed E-state index contributed by atoms with van der Waals surface area (Å²) in [6.45, 7) is 1.35. The first kappa shape index (κ1) is 37.8. The highest BCUT2D eigenvalue weighted by molar-refractivity contribution is 7.80. The Kier molecular flexibility index (Phi) is 11.5. The number of benzene rings is 6. The molecule has 0 saturated carbocycles. The molecule has 0 aliphatic carbocycles. The zero-order chi connectivity index (χ0) is 38.5. The van der Waals surface area contributed by atoms with Crippen LogP contribution in [0.15, 0.2) is 109 Å². The highest BCUT2D eigenvalue weighted by atomic mass is 31.1. The van der Waals surface area contributed by atoms with Gasteiger partial charge in [-0.1, -0.05) is 48.5 Å². The van der Waals surface area contributed by atoms with Crippen LogP contribution >= 0.6 is 7.92 Å². The average Bonchev–Trinajstić information content (AvgIpc) is 3.18. The number of rotatable bonds is 13. The first-order chi connectivity index (χ1) is 26.0. The molecule has 276 valence electrons. The molecule has 6 aromatic rings. The van der Waals surface area contributed by atoms with E-state index in [1.807, 2.05) is 0 Å². The number of methoxy groups -OCH3 is 2. The van der Waals surface area contributed by atoms with Crippen LogP contribution in [0, 0.1) is 29.1 Å². The molecule has 0 fully saturated rings. The van der Waals surface area contributed by atoms with Crippen LogP contribution in [0.5, 0.6) is 40.2 Å². The Labute approximate surface area is 309 Å². The summed E-state index contributed by atoms with van der Waals surface area (Å²) in [6.07, 6.45) is -0.0421. The van der Waals surface area contributed by atoms with Crippen molar-refractivity contribution in [1.29, 1.82) is 0 Å². The Bertz CT molecular complexity index is 2210. The van der Waals surface area contributed by atoms with Gasteiger partial charge in [-0.15, -0.1) is 0 Å². The van der Waals surface area contributed by atoms with Gasteiger partial charge in [0, 0.05) is 25.2 Å². The van der Waals surface area contributed by atoms with Gasteiger partial charge in [0.05, 0.1) is 30.4 Å². The standard InChI is InChI=1S/C42H32F5O6P/c1-24(48)20-21-25-22-28(34-35(43)37(45)39(47)38(46)36(34)44)40(49)33(23-25)54(41-29(50-2)16-10-17-30(41)51-3)42-31(52-26-12-6-4-7-13-26)18-11-19-32(42)53-27-14-8-5-9-15-27/h4-19,22-23,49H,20-21H2,1-3H3. The molecule has 0 bridgehead atoms.